The molecule has 4 atom stereocenters. The Bertz CT molecular complexity index is 720. The zero-order chi connectivity index (χ0) is 17.8. The quantitative estimate of drug-likeness (QED) is 0.620. The lowest BCUT2D eigenvalue weighted by molar-refractivity contribution is -0.299. The van der Waals surface area contributed by atoms with E-state index in [1.165, 1.54) is 0 Å². The van der Waals surface area contributed by atoms with Crippen LogP contribution in [0.25, 0.3) is 0 Å². The van der Waals surface area contributed by atoms with Crippen molar-refractivity contribution in [3.8, 4) is 5.75 Å². The van der Waals surface area contributed by atoms with Gasteiger partial charge in [0.2, 0.25) is 0 Å². The molecule has 2 aliphatic rings. The molecule has 2 aliphatic heterocycles. The minimum atomic E-state index is -0.742. The summed E-state index contributed by atoms with van der Waals surface area (Å²) in [5, 5.41) is 0. The molecule has 2 aromatic carbocycles. The van der Waals surface area contributed by atoms with Crippen LogP contribution in [-0.2, 0) is 18.9 Å². The molecule has 0 unspecified atom stereocenters. The van der Waals surface area contributed by atoms with E-state index in [9.17, 15) is 4.79 Å². The SMILES string of the molecule is O=C(Oc1ccccc1)O[C@@H]1CCO[C@@H]2CO[C@H](c3ccccc3)O[C@@H]21. The summed E-state index contributed by atoms with van der Waals surface area (Å²) < 4.78 is 28.3. The summed E-state index contributed by atoms with van der Waals surface area (Å²) in [5.41, 5.74) is 0.919. The first-order chi connectivity index (χ1) is 12.8. The Morgan fingerprint density at radius 2 is 1.69 bits per heavy atom. The number of rotatable bonds is 3. The minimum Gasteiger partial charge on any atom is -0.428 e. The predicted molar refractivity (Wildman–Crippen MR) is 91.7 cm³/mol. The maximum Gasteiger partial charge on any atom is 0.514 e. The normalized spacial score (nSPS) is 28.0. The fourth-order valence-corrected chi connectivity index (χ4v) is 3.16. The van der Waals surface area contributed by atoms with Crippen LogP contribution in [0.5, 0.6) is 5.75 Å². The highest BCUT2D eigenvalue weighted by atomic mass is 16.8. The van der Waals surface area contributed by atoms with E-state index < -0.39 is 24.7 Å². The smallest absolute Gasteiger partial charge is 0.428 e. The zero-order valence-corrected chi connectivity index (χ0v) is 14.2. The number of para-hydroxylation sites is 1. The summed E-state index contributed by atoms with van der Waals surface area (Å²) in [6, 6.07) is 18.5. The average molecular weight is 356 g/mol. The van der Waals surface area contributed by atoms with E-state index in [0.29, 0.717) is 25.4 Å². The molecule has 0 N–H and O–H groups in total. The Balaban J connectivity index is 1.41. The second-order valence-corrected chi connectivity index (χ2v) is 6.20. The molecule has 0 amide bonds. The van der Waals surface area contributed by atoms with Gasteiger partial charge < -0.3 is 23.7 Å². The fourth-order valence-electron chi connectivity index (χ4n) is 3.16. The van der Waals surface area contributed by atoms with Gasteiger partial charge in [0, 0.05) is 12.0 Å². The molecule has 2 fully saturated rings. The van der Waals surface area contributed by atoms with Crippen molar-refractivity contribution in [1.82, 2.24) is 0 Å². The maximum atomic E-state index is 12.1. The highest BCUT2D eigenvalue weighted by Gasteiger charge is 2.43. The van der Waals surface area contributed by atoms with E-state index in [-0.39, 0.29) is 6.10 Å². The summed E-state index contributed by atoms with van der Waals surface area (Å²) in [4.78, 5) is 12.1. The lowest BCUT2D eigenvalue weighted by Crippen LogP contribution is -2.53. The van der Waals surface area contributed by atoms with Crippen LogP contribution in [0.15, 0.2) is 60.7 Å². The molecule has 0 aromatic heterocycles. The van der Waals surface area contributed by atoms with E-state index in [1.54, 1.807) is 24.3 Å². The Kier molecular flexibility index (Phi) is 5.15. The fraction of sp³-hybridized carbons (Fsp3) is 0.350. The van der Waals surface area contributed by atoms with Crippen LogP contribution < -0.4 is 4.74 Å². The maximum absolute atomic E-state index is 12.1. The summed E-state index contributed by atoms with van der Waals surface area (Å²) in [6.45, 7) is 0.866. The van der Waals surface area contributed by atoms with Crippen molar-refractivity contribution >= 4 is 6.16 Å². The van der Waals surface area contributed by atoms with Crippen molar-refractivity contribution in [2.24, 2.45) is 0 Å². The monoisotopic (exact) mass is 356 g/mol. The number of benzene rings is 2. The molecule has 26 heavy (non-hydrogen) atoms. The molecule has 0 aliphatic carbocycles. The Hall–Kier alpha value is -2.41. The van der Waals surface area contributed by atoms with E-state index in [4.69, 9.17) is 23.7 Å². The number of carbonyl (C=O) groups is 1. The van der Waals surface area contributed by atoms with Gasteiger partial charge in [0.15, 0.2) is 6.29 Å². The van der Waals surface area contributed by atoms with Gasteiger partial charge in [-0.3, -0.25) is 0 Å². The van der Waals surface area contributed by atoms with Crippen LogP contribution in [0.4, 0.5) is 4.79 Å². The van der Waals surface area contributed by atoms with Gasteiger partial charge in [-0.2, -0.15) is 0 Å². The number of carbonyl (C=O) groups excluding carboxylic acids is 1. The molecule has 0 radical (unpaired) electrons. The third-order valence-corrected chi connectivity index (χ3v) is 4.42. The Labute approximate surface area is 151 Å². The van der Waals surface area contributed by atoms with Gasteiger partial charge in [0.05, 0.1) is 13.2 Å². The molecule has 136 valence electrons. The molecular weight excluding hydrogens is 336 g/mol. The van der Waals surface area contributed by atoms with Crippen LogP contribution in [0, 0.1) is 0 Å². The van der Waals surface area contributed by atoms with Gasteiger partial charge in [-0.1, -0.05) is 48.5 Å². The van der Waals surface area contributed by atoms with Crippen molar-refractivity contribution in [3.05, 3.63) is 66.2 Å². The van der Waals surface area contributed by atoms with Gasteiger partial charge in [0.25, 0.3) is 0 Å². The number of ether oxygens (including phenoxy) is 5. The topological polar surface area (TPSA) is 63.2 Å². The summed E-state index contributed by atoms with van der Waals surface area (Å²) in [6.07, 6.45) is -1.81. The first kappa shape index (κ1) is 17.0. The molecule has 2 saturated heterocycles. The van der Waals surface area contributed by atoms with E-state index in [1.807, 2.05) is 36.4 Å². The van der Waals surface area contributed by atoms with Gasteiger partial charge in [-0.15, -0.1) is 0 Å². The van der Waals surface area contributed by atoms with Crippen molar-refractivity contribution in [1.29, 1.82) is 0 Å². The van der Waals surface area contributed by atoms with Crippen LogP contribution in [0.3, 0.4) is 0 Å². The van der Waals surface area contributed by atoms with Gasteiger partial charge in [-0.25, -0.2) is 4.79 Å². The third-order valence-electron chi connectivity index (χ3n) is 4.42. The zero-order valence-electron chi connectivity index (χ0n) is 14.2. The summed E-state index contributed by atoms with van der Waals surface area (Å²) >= 11 is 0. The molecule has 4 rings (SSSR count). The number of fused-ring (bicyclic) bond motifs is 1. The van der Waals surface area contributed by atoms with Crippen molar-refractivity contribution in [2.75, 3.05) is 13.2 Å². The Morgan fingerprint density at radius 1 is 0.962 bits per heavy atom. The second kappa shape index (κ2) is 7.86. The summed E-state index contributed by atoms with van der Waals surface area (Å²) in [7, 11) is 0. The predicted octanol–water partition coefficient (Wildman–Crippen LogP) is 3.47. The number of hydrogen-bond donors (Lipinski definition) is 0. The average Bonchev–Trinajstić information content (AvgIpc) is 2.69. The first-order valence-corrected chi connectivity index (χ1v) is 8.67. The summed E-state index contributed by atoms with van der Waals surface area (Å²) in [5.74, 6) is 0.441. The molecule has 0 spiro atoms. The largest absolute Gasteiger partial charge is 0.514 e. The number of hydrogen-bond acceptors (Lipinski definition) is 6. The van der Waals surface area contributed by atoms with Crippen molar-refractivity contribution in [3.63, 3.8) is 0 Å². The lowest BCUT2D eigenvalue weighted by Gasteiger charge is -2.42. The van der Waals surface area contributed by atoms with Crippen LogP contribution in [-0.4, -0.2) is 37.7 Å². The molecule has 2 heterocycles. The van der Waals surface area contributed by atoms with Crippen molar-refractivity contribution < 1.29 is 28.5 Å². The van der Waals surface area contributed by atoms with Crippen LogP contribution in [0.1, 0.15) is 18.3 Å². The molecule has 0 bridgehead atoms. The first-order valence-electron chi connectivity index (χ1n) is 8.67. The molecular formula is C20H20O6. The van der Waals surface area contributed by atoms with Crippen molar-refractivity contribution in [2.45, 2.75) is 31.0 Å². The van der Waals surface area contributed by atoms with Gasteiger partial charge in [0.1, 0.15) is 24.1 Å². The van der Waals surface area contributed by atoms with E-state index >= 15 is 0 Å². The van der Waals surface area contributed by atoms with E-state index in [0.717, 1.165) is 5.56 Å². The lowest BCUT2D eigenvalue weighted by atomic mass is 10.0. The molecule has 6 nitrogen and oxygen atoms in total. The standard InChI is InChI=1S/C20H20O6/c21-20(24-15-9-5-2-6-10-15)25-16-11-12-22-17-13-23-19(26-18(16)17)14-7-3-1-4-8-14/h1-10,16-19H,11-13H2/t16-,17-,18-,19+/m1/s1. The van der Waals surface area contributed by atoms with Gasteiger partial charge in [-0.05, 0) is 12.1 Å². The minimum absolute atomic E-state index is 0.266. The van der Waals surface area contributed by atoms with E-state index in [2.05, 4.69) is 0 Å². The third kappa shape index (κ3) is 3.88. The van der Waals surface area contributed by atoms with Crippen LogP contribution in [0.2, 0.25) is 0 Å². The van der Waals surface area contributed by atoms with Gasteiger partial charge >= 0.3 is 6.16 Å². The molecule has 2 aromatic rings. The molecule has 0 saturated carbocycles. The Morgan fingerprint density at radius 3 is 2.46 bits per heavy atom. The second-order valence-electron chi connectivity index (χ2n) is 6.20. The van der Waals surface area contributed by atoms with Crippen LogP contribution >= 0.6 is 0 Å². The molecule has 6 heteroatoms. The highest BCUT2D eigenvalue weighted by Crippen LogP contribution is 2.33. The highest BCUT2D eigenvalue weighted by molar-refractivity contribution is 5.64.